The van der Waals surface area contributed by atoms with Crippen molar-refractivity contribution in [1.82, 2.24) is 9.71 Å². The molecule has 0 saturated heterocycles. The normalized spacial score (nSPS) is 11.3. The minimum absolute atomic E-state index is 0.0804. The van der Waals surface area contributed by atoms with E-state index in [9.17, 15) is 13.2 Å². The van der Waals surface area contributed by atoms with Gasteiger partial charge in [-0.05, 0) is 23.8 Å². The lowest BCUT2D eigenvalue weighted by atomic mass is 10.1. The first-order valence-electron chi connectivity index (χ1n) is 6.22. The molecule has 0 radical (unpaired) electrons. The molecule has 1 aromatic heterocycles. The number of carbonyl (C=O) groups is 1. The summed E-state index contributed by atoms with van der Waals surface area (Å²) in [5.74, 6) is -1.06. The van der Waals surface area contributed by atoms with Crippen LogP contribution in [0.3, 0.4) is 0 Å². The summed E-state index contributed by atoms with van der Waals surface area (Å²) >= 11 is 0. The van der Waals surface area contributed by atoms with Gasteiger partial charge in [0, 0.05) is 24.5 Å². The van der Waals surface area contributed by atoms with Gasteiger partial charge in [0.05, 0.1) is 10.5 Å². The van der Waals surface area contributed by atoms with Crippen molar-refractivity contribution >= 4 is 16.0 Å². The molecule has 2 rings (SSSR count). The molecule has 2 N–H and O–H groups in total. The maximum atomic E-state index is 11.8. The number of nitrogens with one attached hydrogen (secondary N) is 1. The quantitative estimate of drug-likeness (QED) is 0.877. The van der Waals surface area contributed by atoms with Gasteiger partial charge in [0.2, 0.25) is 10.0 Å². The van der Waals surface area contributed by atoms with E-state index in [1.807, 2.05) is 0 Å². The fourth-order valence-electron chi connectivity index (χ4n) is 1.81. The van der Waals surface area contributed by atoms with Crippen LogP contribution < -0.4 is 4.72 Å². The van der Waals surface area contributed by atoms with E-state index in [2.05, 4.69) is 9.71 Å². The van der Waals surface area contributed by atoms with E-state index >= 15 is 0 Å². The zero-order chi connectivity index (χ0) is 15.5. The second-order valence-electron chi connectivity index (χ2n) is 4.29. The maximum absolute atomic E-state index is 11.8. The standard InChI is InChI=1S/C14H14N2O4S/c1-2-16-21(19,20)13-5-3-10(4-6-13)11-7-12(14(17)18)9-15-8-11/h3-9,16H,2H2,1H3,(H,17,18). The lowest BCUT2D eigenvalue weighted by molar-refractivity contribution is 0.0696. The third kappa shape index (κ3) is 3.45. The Morgan fingerprint density at radius 3 is 2.43 bits per heavy atom. The number of pyridine rings is 1. The van der Waals surface area contributed by atoms with Gasteiger partial charge in [0.1, 0.15) is 0 Å². The van der Waals surface area contributed by atoms with Crippen molar-refractivity contribution in [3.63, 3.8) is 0 Å². The molecule has 6 nitrogen and oxygen atoms in total. The van der Waals surface area contributed by atoms with E-state index < -0.39 is 16.0 Å². The summed E-state index contributed by atoms with van der Waals surface area (Å²) in [6.45, 7) is 2.02. The second-order valence-corrected chi connectivity index (χ2v) is 6.06. The predicted octanol–water partition coefficient (Wildman–Crippen LogP) is 1.74. The summed E-state index contributed by atoms with van der Waals surface area (Å²) in [7, 11) is -3.49. The zero-order valence-electron chi connectivity index (χ0n) is 11.3. The van der Waals surface area contributed by atoms with Crippen molar-refractivity contribution in [3.05, 3.63) is 48.3 Å². The lowest BCUT2D eigenvalue weighted by Gasteiger charge is -2.06. The first kappa shape index (κ1) is 15.1. The molecule has 110 valence electrons. The fraction of sp³-hybridized carbons (Fsp3) is 0.143. The van der Waals surface area contributed by atoms with Crippen LogP contribution in [0, 0.1) is 0 Å². The smallest absolute Gasteiger partial charge is 0.337 e. The number of aromatic nitrogens is 1. The number of benzene rings is 1. The van der Waals surface area contributed by atoms with Gasteiger partial charge in [-0.3, -0.25) is 4.98 Å². The van der Waals surface area contributed by atoms with Crippen LogP contribution >= 0.6 is 0 Å². The molecule has 0 bridgehead atoms. The Labute approximate surface area is 122 Å². The summed E-state index contributed by atoms with van der Waals surface area (Å²) in [6.07, 6.45) is 2.79. The number of hydrogen-bond acceptors (Lipinski definition) is 4. The van der Waals surface area contributed by atoms with Gasteiger partial charge in [0.15, 0.2) is 0 Å². The van der Waals surface area contributed by atoms with Crippen LogP contribution in [-0.2, 0) is 10.0 Å². The molecule has 1 heterocycles. The van der Waals surface area contributed by atoms with E-state index in [1.54, 1.807) is 19.1 Å². The van der Waals surface area contributed by atoms with Crippen LogP contribution in [0.1, 0.15) is 17.3 Å². The minimum atomic E-state index is -3.49. The van der Waals surface area contributed by atoms with E-state index in [-0.39, 0.29) is 10.5 Å². The van der Waals surface area contributed by atoms with Crippen molar-refractivity contribution < 1.29 is 18.3 Å². The van der Waals surface area contributed by atoms with Crippen molar-refractivity contribution in [2.24, 2.45) is 0 Å². The lowest BCUT2D eigenvalue weighted by Crippen LogP contribution is -2.22. The van der Waals surface area contributed by atoms with Gasteiger partial charge < -0.3 is 5.11 Å². The van der Waals surface area contributed by atoms with E-state index in [0.717, 1.165) is 0 Å². The van der Waals surface area contributed by atoms with Crippen molar-refractivity contribution in [2.45, 2.75) is 11.8 Å². The Morgan fingerprint density at radius 1 is 1.19 bits per heavy atom. The van der Waals surface area contributed by atoms with Gasteiger partial charge in [-0.15, -0.1) is 0 Å². The van der Waals surface area contributed by atoms with Crippen molar-refractivity contribution in [3.8, 4) is 11.1 Å². The van der Waals surface area contributed by atoms with Gasteiger partial charge in [-0.25, -0.2) is 17.9 Å². The molecule has 0 fully saturated rings. The third-order valence-corrected chi connectivity index (χ3v) is 4.38. The molecule has 21 heavy (non-hydrogen) atoms. The summed E-state index contributed by atoms with van der Waals surface area (Å²) in [6, 6.07) is 7.67. The van der Waals surface area contributed by atoms with E-state index in [4.69, 9.17) is 5.11 Å². The van der Waals surface area contributed by atoms with Gasteiger partial charge >= 0.3 is 5.97 Å². The number of carboxylic acids is 1. The van der Waals surface area contributed by atoms with Gasteiger partial charge in [-0.1, -0.05) is 19.1 Å². The molecule has 0 unspecified atom stereocenters. The fourth-order valence-corrected chi connectivity index (χ4v) is 2.86. The molecular weight excluding hydrogens is 292 g/mol. The highest BCUT2D eigenvalue weighted by Crippen LogP contribution is 2.21. The Bertz CT molecular complexity index is 755. The molecule has 0 atom stereocenters. The number of nitrogens with zero attached hydrogens (tertiary/aromatic N) is 1. The zero-order valence-corrected chi connectivity index (χ0v) is 12.1. The molecule has 0 aliphatic carbocycles. The van der Waals surface area contributed by atoms with Crippen LogP contribution in [0.4, 0.5) is 0 Å². The first-order valence-corrected chi connectivity index (χ1v) is 7.71. The first-order chi connectivity index (χ1) is 9.94. The molecule has 0 spiro atoms. The average molecular weight is 306 g/mol. The molecule has 2 aromatic rings. The monoisotopic (exact) mass is 306 g/mol. The summed E-state index contributed by atoms with van der Waals surface area (Å²) in [4.78, 5) is 14.9. The van der Waals surface area contributed by atoms with Crippen molar-refractivity contribution in [1.29, 1.82) is 0 Å². The van der Waals surface area contributed by atoms with Crippen LogP contribution in [0.25, 0.3) is 11.1 Å². The largest absolute Gasteiger partial charge is 0.478 e. The topological polar surface area (TPSA) is 96.4 Å². The Kier molecular flexibility index (Phi) is 4.35. The number of carboxylic acid groups (broad SMARTS) is 1. The summed E-state index contributed by atoms with van der Waals surface area (Å²) in [5.41, 5.74) is 1.39. The van der Waals surface area contributed by atoms with E-state index in [1.165, 1.54) is 30.6 Å². The number of rotatable bonds is 5. The molecule has 0 amide bonds. The van der Waals surface area contributed by atoms with E-state index in [0.29, 0.717) is 17.7 Å². The Morgan fingerprint density at radius 2 is 1.86 bits per heavy atom. The molecule has 0 saturated carbocycles. The molecule has 7 heteroatoms. The number of sulfonamides is 1. The van der Waals surface area contributed by atoms with Crippen LogP contribution in [0.2, 0.25) is 0 Å². The van der Waals surface area contributed by atoms with Crippen LogP contribution in [-0.4, -0.2) is 31.0 Å². The number of aromatic carboxylic acids is 1. The molecule has 1 aromatic carbocycles. The summed E-state index contributed by atoms with van der Waals surface area (Å²) in [5, 5.41) is 8.94. The third-order valence-electron chi connectivity index (χ3n) is 2.82. The van der Waals surface area contributed by atoms with Crippen LogP contribution in [0.5, 0.6) is 0 Å². The second kappa shape index (κ2) is 6.02. The summed E-state index contributed by atoms with van der Waals surface area (Å²) < 4.78 is 26.0. The molecule has 0 aliphatic rings. The average Bonchev–Trinajstić information content (AvgIpc) is 2.47. The van der Waals surface area contributed by atoms with Crippen molar-refractivity contribution in [2.75, 3.05) is 6.54 Å². The maximum Gasteiger partial charge on any atom is 0.337 e. The molecule has 0 aliphatic heterocycles. The highest BCUT2D eigenvalue weighted by Gasteiger charge is 2.12. The minimum Gasteiger partial charge on any atom is -0.478 e. The highest BCUT2D eigenvalue weighted by atomic mass is 32.2. The highest BCUT2D eigenvalue weighted by molar-refractivity contribution is 7.89. The molecular formula is C14H14N2O4S. The Balaban J connectivity index is 2.35. The van der Waals surface area contributed by atoms with Gasteiger partial charge in [0.25, 0.3) is 0 Å². The van der Waals surface area contributed by atoms with Crippen LogP contribution in [0.15, 0.2) is 47.6 Å². The Hall–Kier alpha value is -2.25. The van der Waals surface area contributed by atoms with Gasteiger partial charge in [-0.2, -0.15) is 0 Å². The predicted molar refractivity (Wildman–Crippen MR) is 77.5 cm³/mol. The number of hydrogen-bond donors (Lipinski definition) is 2. The SMILES string of the molecule is CCNS(=O)(=O)c1ccc(-c2cncc(C(=O)O)c2)cc1.